The van der Waals surface area contributed by atoms with Crippen LogP contribution in [0.4, 0.5) is 0 Å². The SMILES string of the molecule is CC(O)CNCC1C2=C[C+](C(O)COc3cc(CC[C-]4C=C(CO)C(CCCCC5CCC(C6C=C7CCc8c9c(cc%10ccc(c7c8%10)C6O)=NCC=9)C(N)C5)O4)ccc3O)N=C2CCC2CCCC21. The van der Waals surface area contributed by atoms with Crippen LogP contribution in [0.25, 0.3) is 22.4 Å². The van der Waals surface area contributed by atoms with Gasteiger partial charge in [-0.05, 0) is 139 Å². The van der Waals surface area contributed by atoms with E-state index in [1.54, 1.807) is 13.0 Å². The zero-order valence-corrected chi connectivity index (χ0v) is 41.0. The van der Waals surface area contributed by atoms with Crippen LogP contribution in [0.15, 0.2) is 75.8 Å². The van der Waals surface area contributed by atoms with Crippen LogP contribution in [0.3, 0.4) is 0 Å². The highest BCUT2D eigenvalue weighted by molar-refractivity contribution is 6.04. The molecule has 5 aliphatic carbocycles. The number of unbranched alkanes of at least 4 members (excludes halogenated alkanes) is 1. The van der Waals surface area contributed by atoms with Gasteiger partial charge in [0.1, 0.15) is 12.2 Å². The second-order valence-corrected chi connectivity index (χ2v) is 22.1. The van der Waals surface area contributed by atoms with E-state index >= 15 is 0 Å². The van der Waals surface area contributed by atoms with Crippen LogP contribution in [0.5, 0.6) is 11.5 Å². The molecule has 3 heterocycles. The Balaban J connectivity index is 0.631. The molecule has 11 nitrogen and oxygen atoms in total. The maximum Gasteiger partial charge on any atom is 0.189 e. The van der Waals surface area contributed by atoms with E-state index in [0.717, 1.165) is 118 Å². The largest absolute Gasteiger partial charge is 0.504 e. The van der Waals surface area contributed by atoms with Crippen LogP contribution in [0.1, 0.15) is 125 Å². The zero-order chi connectivity index (χ0) is 48.0. The maximum absolute atomic E-state index is 11.9. The number of hydrogen-bond donors (Lipinski definition) is 7. The molecule has 0 aromatic heterocycles. The molecular weight excluding hydrogens is 877 g/mol. The number of nitrogens with two attached hydrogens (primary N) is 1. The molecule has 0 amide bonds. The summed E-state index contributed by atoms with van der Waals surface area (Å²) in [5.74, 6) is 2.80. The summed E-state index contributed by atoms with van der Waals surface area (Å²) in [7, 11) is 0. The first-order valence-electron chi connectivity index (χ1n) is 26.9. The highest BCUT2D eigenvalue weighted by atomic mass is 16.5. The summed E-state index contributed by atoms with van der Waals surface area (Å²) in [5, 5.41) is 62.6. The standard InChI is InChI=1S/C59H74N4O7/c1-33(65)29-61-30-48-41-7-4-6-36(41)14-19-50-46(48)28-52(63-50)54(67)32-69-56-24-35(11-20-53(56)66)9-15-40-25-39(31-64)55(70-40)8-3-2-5-34-10-16-42(49(60)23-34)47-26-37-12-17-44-43-21-22-62-51(43)27-38-13-18-45(59(47)68)58(37)57(38)44/h11,13,18,20-21,24-28,33-34,36,41-42,47-49,54-55,59,61,64-68H,2-10,12,14-17,19,22-23,29-32,60H2,1H3. The number of aryl methyl sites for hydroxylation is 2. The molecule has 11 atom stereocenters. The van der Waals surface area contributed by atoms with Gasteiger partial charge in [-0.3, -0.25) is 4.99 Å². The van der Waals surface area contributed by atoms with Gasteiger partial charge >= 0.3 is 0 Å². The predicted molar refractivity (Wildman–Crippen MR) is 274 cm³/mol. The van der Waals surface area contributed by atoms with Crippen molar-refractivity contribution < 1.29 is 35.0 Å². The summed E-state index contributed by atoms with van der Waals surface area (Å²) >= 11 is 0. The number of hydrogen-bond acceptors (Lipinski definition) is 11. The van der Waals surface area contributed by atoms with Gasteiger partial charge in [0, 0.05) is 49.4 Å². The van der Waals surface area contributed by atoms with Gasteiger partial charge in [-0.15, -0.1) is 4.99 Å². The number of aliphatic hydroxyl groups is 4. The van der Waals surface area contributed by atoms with E-state index in [4.69, 9.17) is 25.2 Å². The van der Waals surface area contributed by atoms with Crippen LogP contribution in [0.2, 0.25) is 0 Å². The van der Waals surface area contributed by atoms with E-state index in [1.807, 2.05) is 18.2 Å². The molecule has 3 saturated carbocycles. The predicted octanol–water partition coefficient (Wildman–Crippen LogP) is 7.19. The summed E-state index contributed by atoms with van der Waals surface area (Å²) in [6.07, 6.45) is 23.9. The molecular formula is C59H74N4O7. The summed E-state index contributed by atoms with van der Waals surface area (Å²) in [6, 6.07) is 12.6. The van der Waals surface area contributed by atoms with E-state index < -0.39 is 18.3 Å². The number of rotatable bonds is 18. The van der Waals surface area contributed by atoms with Gasteiger partial charge < -0.3 is 46.1 Å². The van der Waals surface area contributed by atoms with Crippen molar-refractivity contribution in [3.8, 4) is 11.5 Å². The minimum atomic E-state index is -0.942. The smallest absolute Gasteiger partial charge is 0.189 e. The number of phenolic OH excluding ortho intramolecular Hbond substituents is 1. The molecule has 11 unspecified atom stereocenters. The zero-order valence-electron chi connectivity index (χ0n) is 41.0. The summed E-state index contributed by atoms with van der Waals surface area (Å²) < 4.78 is 12.5. The number of nitrogens with one attached hydrogen (secondary N) is 1. The van der Waals surface area contributed by atoms with E-state index in [0.29, 0.717) is 54.8 Å². The molecule has 3 aromatic carbocycles. The highest BCUT2D eigenvalue weighted by Gasteiger charge is 2.48. The Hall–Kier alpha value is -4.46. The van der Waals surface area contributed by atoms with Crippen molar-refractivity contribution in [3.05, 3.63) is 111 Å². The molecule has 0 saturated heterocycles. The number of aromatic hydroxyl groups is 1. The normalized spacial score (nSPS) is 29.5. The van der Waals surface area contributed by atoms with Crippen molar-refractivity contribution in [2.75, 3.05) is 32.8 Å². The Morgan fingerprint density at radius 3 is 2.76 bits per heavy atom. The first kappa shape index (κ1) is 47.8. The first-order chi connectivity index (χ1) is 34.1. The van der Waals surface area contributed by atoms with Gasteiger partial charge in [-0.2, -0.15) is 11.6 Å². The second kappa shape index (κ2) is 20.6. The van der Waals surface area contributed by atoms with E-state index in [-0.39, 0.29) is 42.9 Å². The average Bonchev–Trinajstić information content (AvgIpc) is 4.19. The number of allylic oxidation sites excluding steroid dienone is 1. The summed E-state index contributed by atoms with van der Waals surface area (Å²) in [4.78, 5) is 9.66. The van der Waals surface area contributed by atoms with Crippen LogP contribution in [0, 0.1) is 47.7 Å². The van der Waals surface area contributed by atoms with Crippen molar-refractivity contribution in [1.29, 1.82) is 0 Å². The number of nitrogens with zero attached hydrogens (tertiary/aromatic N) is 2. The minimum Gasteiger partial charge on any atom is -0.504 e. The van der Waals surface area contributed by atoms with Gasteiger partial charge in [0.05, 0.1) is 36.1 Å². The molecule has 3 fully saturated rings. The number of fused-ring (bicyclic) bond motifs is 4. The quantitative estimate of drug-likeness (QED) is 0.0513. The second-order valence-electron chi connectivity index (χ2n) is 22.1. The first-order valence-corrected chi connectivity index (χ1v) is 26.9. The van der Waals surface area contributed by atoms with Gasteiger partial charge in [-0.25, -0.2) is 0 Å². The van der Waals surface area contributed by atoms with E-state index in [1.165, 1.54) is 57.5 Å². The lowest BCUT2D eigenvalue weighted by Crippen LogP contribution is -2.42. The van der Waals surface area contributed by atoms with E-state index in [2.05, 4.69) is 41.7 Å². The van der Waals surface area contributed by atoms with Gasteiger partial charge in [0.25, 0.3) is 0 Å². The molecule has 8 N–H and O–H groups in total. The Morgan fingerprint density at radius 2 is 1.90 bits per heavy atom. The number of ether oxygens (including phenoxy) is 2. The average molecular weight is 951 g/mol. The van der Waals surface area contributed by atoms with Crippen LogP contribution < -0.4 is 26.4 Å². The van der Waals surface area contributed by atoms with Crippen LogP contribution in [-0.2, 0) is 17.6 Å². The lowest BCUT2D eigenvalue weighted by molar-refractivity contribution is 0.0643. The third-order valence-corrected chi connectivity index (χ3v) is 17.7. The number of aliphatic imine (C=N–C) groups is 1. The molecule has 8 aliphatic rings. The molecule has 0 spiro atoms. The minimum absolute atomic E-state index is 0.0208. The topological polar surface area (TPSA) is 182 Å². The Labute approximate surface area is 413 Å². The Bertz CT molecular complexity index is 2690. The molecule has 11 rings (SSSR count). The Kier molecular flexibility index (Phi) is 14.1. The monoisotopic (exact) mass is 951 g/mol. The third kappa shape index (κ3) is 9.52. The third-order valence-electron chi connectivity index (χ3n) is 17.7. The molecule has 3 aromatic rings. The Morgan fingerprint density at radius 1 is 1.01 bits per heavy atom. The fraction of sp³-hybridized carbons (Fsp3) is 0.559. The number of aliphatic hydroxyl groups excluding tert-OH is 4. The molecule has 0 radical (unpaired) electrons. The van der Waals surface area contributed by atoms with Gasteiger partial charge in [0.2, 0.25) is 0 Å². The van der Waals surface area contributed by atoms with Crippen molar-refractivity contribution in [2.45, 2.75) is 140 Å². The van der Waals surface area contributed by atoms with Crippen molar-refractivity contribution in [2.24, 2.45) is 51.2 Å². The lowest BCUT2D eigenvalue weighted by atomic mass is 9.65. The van der Waals surface area contributed by atoms with Crippen molar-refractivity contribution in [3.63, 3.8) is 0 Å². The lowest BCUT2D eigenvalue weighted by Gasteiger charge is -2.42. The van der Waals surface area contributed by atoms with Crippen LogP contribution in [-0.4, -0.2) is 88.4 Å². The highest BCUT2D eigenvalue weighted by Crippen LogP contribution is 2.51. The number of phenols is 1. The van der Waals surface area contributed by atoms with Crippen LogP contribution >= 0.6 is 0 Å². The van der Waals surface area contributed by atoms with E-state index in [9.17, 15) is 25.5 Å². The summed E-state index contributed by atoms with van der Waals surface area (Å²) in [5.41, 5.74) is 16.4. The fourth-order valence-corrected chi connectivity index (χ4v) is 14.2. The summed E-state index contributed by atoms with van der Waals surface area (Å²) in [6.45, 7) is 3.84. The molecule has 372 valence electrons. The molecule has 0 bridgehead atoms. The van der Waals surface area contributed by atoms with Gasteiger partial charge in [0.15, 0.2) is 29.4 Å². The van der Waals surface area contributed by atoms with Crippen molar-refractivity contribution in [1.82, 2.24) is 5.32 Å². The fourth-order valence-electron chi connectivity index (χ4n) is 14.2. The maximum atomic E-state index is 11.9. The molecule has 11 heteroatoms. The number of benzene rings is 3. The molecule has 3 aliphatic heterocycles. The van der Waals surface area contributed by atoms with Gasteiger partial charge in [-0.1, -0.05) is 81.4 Å². The molecule has 70 heavy (non-hydrogen) atoms. The van der Waals surface area contributed by atoms with Crippen molar-refractivity contribution >= 4 is 28.1 Å².